The monoisotopic (exact) mass is 234 g/mol. The fourth-order valence-corrected chi connectivity index (χ4v) is 2.26. The fourth-order valence-electron chi connectivity index (χ4n) is 2.26. The molecule has 1 saturated heterocycles. The van der Waals surface area contributed by atoms with Crippen molar-refractivity contribution in [1.29, 1.82) is 0 Å². The van der Waals surface area contributed by atoms with Gasteiger partial charge in [-0.05, 0) is 38.8 Å². The maximum absolute atomic E-state index is 12.4. The first kappa shape index (κ1) is 13.8. The molecule has 2 unspecified atom stereocenters. The first-order valence-corrected chi connectivity index (χ1v) is 6.28. The molecule has 0 aromatic heterocycles. The Hall–Kier alpha value is -0.220. The molecule has 1 heterocycles. The van der Waals surface area contributed by atoms with Crippen molar-refractivity contribution in [3.8, 4) is 0 Å². The van der Waals surface area contributed by atoms with Gasteiger partial charge in [0.05, 0.1) is 6.04 Å². The van der Waals surface area contributed by atoms with Gasteiger partial charge in [-0.3, -0.25) is 4.90 Å². The molecule has 96 valence electrons. The van der Waals surface area contributed by atoms with Gasteiger partial charge in [-0.2, -0.15) is 0 Å². The van der Waals surface area contributed by atoms with E-state index in [1.54, 1.807) is 6.92 Å². The Morgan fingerprint density at radius 2 is 1.69 bits per heavy atom. The quantitative estimate of drug-likeness (QED) is 0.759. The minimum Gasteiger partial charge on any atom is -0.308 e. The third-order valence-corrected chi connectivity index (χ3v) is 3.41. The minimum absolute atomic E-state index is 0.392. The van der Waals surface area contributed by atoms with Crippen LogP contribution in [0.2, 0.25) is 0 Å². The standard InChI is InChI=1S/C12H24F2N2/c1-9(2)11(16-6-4-5-7-16)8-15-10(3)12(13)14/h9-12,15H,4-8H2,1-3H3. The van der Waals surface area contributed by atoms with Crippen LogP contribution in [0, 0.1) is 5.92 Å². The van der Waals surface area contributed by atoms with Crippen LogP contribution in [0.5, 0.6) is 0 Å². The summed E-state index contributed by atoms with van der Waals surface area (Å²) in [5.41, 5.74) is 0. The smallest absolute Gasteiger partial charge is 0.253 e. The molecule has 0 spiro atoms. The summed E-state index contributed by atoms with van der Waals surface area (Å²) in [6, 6.07) is -0.312. The van der Waals surface area contributed by atoms with Crippen LogP contribution in [0.4, 0.5) is 8.78 Å². The van der Waals surface area contributed by atoms with Gasteiger partial charge in [-0.15, -0.1) is 0 Å². The van der Waals surface area contributed by atoms with Gasteiger partial charge in [0.2, 0.25) is 0 Å². The first-order valence-electron chi connectivity index (χ1n) is 6.28. The minimum atomic E-state index is -2.27. The lowest BCUT2D eigenvalue weighted by atomic mass is 10.0. The second-order valence-corrected chi connectivity index (χ2v) is 5.09. The van der Waals surface area contributed by atoms with Crippen molar-refractivity contribution in [1.82, 2.24) is 10.2 Å². The van der Waals surface area contributed by atoms with Crippen molar-refractivity contribution in [3.05, 3.63) is 0 Å². The van der Waals surface area contributed by atoms with Crippen LogP contribution >= 0.6 is 0 Å². The fraction of sp³-hybridized carbons (Fsp3) is 1.00. The molecule has 4 heteroatoms. The van der Waals surface area contributed by atoms with Crippen molar-refractivity contribution in [2.24, 2.45) is 5.92 Å². The zero-order chi connectivity index (χ0) is 12.1. The van der Waals surface area contributed by atoms with Crippen LogP contribution < -0.4 is 5.32 Å². The number of hydrogen-bond acceptors (Lipinski definition) is 2. The Balaban J connectivity index is 2.39. The average molecular weight is 234 g/mol. The predicted octanol–water partition coefficient (Wildman–Crippen LogP) is 2.35. The van der Waals surface area contributed by atoms with Crippen LogP contribution in [-0.2, 0) is 0 Å². The van der Waals surface area contributed by atoms with E-state index in [-0.39, 0.29) is 0 Å². The lowest BCUT2D eigenvalue weighted by Gasteiger charge is -2.32. The largest absolute Gasteiger partial charge is 0.308 e. The number of nitrogens with one attached hydrogen (secondary N) is 1. The Bertz CT molecular complexity index is 191. The zero-order valence-corrected chi connectivity index (χ0v) is 10.5. The highest BCUT2D eigenvalue weighted by Gasteiger charge is 2.25. The summed E-state index contributed by atoms with van der Waals surface area (Å²) in [6.45, 7) is 8.78. The van der Waals surface area contributed by atoms with E-state index in [1.165, 1.54) is 12.8 Å². The van der Waals surface area contributed by atoms with Gasteiger partial charge in [0.15, 0.2) is 0 Å². The average Bonchev–Trinajstić information content (AvgIpc) is 2.70. The van der Waals surface area contributed by atoms with Gasteiger partial charge in [0.25, 0.3) is 6.43 Å². The van der Waals surface area contributed by atoms with Gasteiger partial charge in [-0.1, -0.05) is 13.8 Å². The predicted molar refractivity (Wildman–Crippen MR) is 62.9 cm³/mol. The highest BCUT2D eigenvalue weighted by molar-refractivity contribution is 4.81. The number of likely N-dealkylation sites (tertiary alicyclic amines) is 1. The third-order valence-electron chi connectivity index (χ3n) is 3.41. The number of nitrogens with zero attached hydrogens (tertiary/aromatic N) is 1. The van der Waals surface area contributed by atoms with Gasteiger partial charge in [0, 0.05) is 12.6 Å². The Morgan fingerprint density at radius 1 is 1.12 bits per heavy atom. The lowest BCUT2D eigenvalue weighted by molar-refractivity contribution is 0.0960. The molecule has 0 saturated carbocycles. The maximum atomic E-state index is 12.4. The van der Waals surface area contributed by atoms with Crippen LogP contribution in [-0.4, -0.2) is 43.0 Å². The second kappa shape index (κ2) is 6.50. The molecular formula is C12H24F2N2. The number of rotatable bonds is 6. The molecule has 2 atom stereocenters. The molecule has 16 heavy (non-hydrogen) atoms. The molecular weight excluding hydrogens is 210 g/mol. The lowest BCUT2D eigenvalue weighted by Crippen LogP contribution is -2.47. The molecule has 1 rings (SSSR count). The SMILES string of the molecule is CC(C)C(CNC(C)C(F)F)N1CCCC1. The summed E-state index contributed by atoms with van der Waals surface area (Å²) in [6.07, 6.45) is 0.215. The Morgan fingerprint density at radius 3 is 2.12 bits per heavy atom. The van der Waals surface area contributed by atoms with E-state index in [2.05, 4.69) is 24.1 Å². The third kappa shape index (κ3) is 3.98. The molecule has 0 aromatic carbocycles. The van der Waals surface area contributed by atoms with E-state index in [4.69, 9.17) is 0 Å². The molecule has 0 aliphatic carbocycles. The van der Waals surface area contributed by atoms with Crippen LogP contribution in [0.3, 0.4) is 0 Å². The molecule has 1 fully saturated rings. The summed E-state index contributed by atoms with van der Waals surface area (Å²) in [5.74, 6) is 0.510. The molecule has 0 radical (unpaired) electrons. The number of hydrogen-bond donors (Lipinski definition) is 1. The van der Waals surface area contributed by atoms with Crippen LogP contribution in [0.1, 0.15) is 33.6 Å². The number of alkyl halides is 2. The highest BCUT2D eigenvalue weighted by atomic mass is 19.3. The molecule has 0 bridgehead atoms. The molecule has 2 nitrogen and oxygen atoms in total. The molecule has 0 aromatic rings. The Labute approximate surface area is 97.4 Å². The van der Waals surface area contributed by atoms with Crippen molar-refractivity contribution in [2.45, 2.75) is 52.1 Å². The van der Waals surface area contributed by atoms with Crippen LogP contribution in [0.15, 0.2) is 0 Å². The van der Waals surface area contributed by atoms with Crippen molar-refractivity contribution in [3.63, 3.8) is 0 Å². The van der Waals surface area contributed by atoms with Crippen molar-refractivity contribution >= 4 is 0 Å². The molecule has 0 amide bonds. The highest BCUT2D eigenvalue weighted by Crippen LogP contribution is 2.17. The molecule has 1 N–H and O–H groups in total. The van der Waals surface area contributed by atoms with Gasteiger partial charge in [0.1, 0.15) is 0 Å². The van der Waals surface area contributed by atoms with Gasteiger partial charge in [-0.25, -0.2) is 8.78 Å². The van der Waals surface area contributed by atoms with Crippen molar-refractivity contribution < 1.29 is 8.78 Å². The summed E-state index contributed by atoms with van der Waals surface area (Å²) in [5, 5.41) is 2.95. The molecule has 1 aliphatic rings. The van der Waals surface area contributed by atoms with E-state index in [0.717, 1.165) is 13.1 Å². The summed E-state index contributed by atoms with van der Waals surface area (Å²) in [7, 11) is 0. The van der Waals surface area contributed by atoms with E-state index in [9.17, 15) is 8.78 Å². The second-order valence-electron chi connectivity index (χ2n) is 5.09. The van der Waals surface area contributed by atoms with Gasteiger partial charge < -0.3 is 5.32 Å². The Kier molecular flexibility index (Phi) is 5.62. The van der Waals surface area contributed by atoms with Crippen LogP contribution in [0.25, 0.3) is 0 Å². The van der Waals surface area contributed by atoms with Crippen molar-refractivity contribution in [2.75, 3.05) is 19.6 Å². The molecule has 1 aliphatic heterocycles. The van der Waals surface area contributed by atoms with E-state index >= 15 is 0 Å². The zero-order valence-electron chi connectivity index (χ0n) is 10.5. The van der Waals surface area contributed by atoms with Gasteiger partial charge >= 0.3 is 0 Å². The van der Waals surface area contributed by atoms with E-state index < -0.39 is 12.5 Å². The maximum Gasteiger partial charge on any atom is 0.253 e. The van der Waals surface area contributed by atoms with E-state index in [1.807, 2.05) is 0 Å². The summed E-state index contributed by atoms with van der Waals surface area (Å²) >= 11 is 0. The summed E-state index contributed by atoms with van der Waals surface area (Å²) in [4.78, 5) is 2.43. The normalized spacial score (nSPS) is 21.9. The summed E-state index contributed by atoms with van der Waals surface area (Å²) < 4.78 is 24.8. The number of halogens is 2. The topological polar surface area (TPSA) is 15.3 Å². The van der Waals surface area contributed by atoms with E-state index in [0.29, 0.717) is 18.5 Å². The first-order chi connectivity index (χ1) is 7.52.